The van der Waals surface area contributed by atoms with Crippen molar-refractivity contribution in [2.24, 2.45) is 0 Å². The first-order chi connectivity index (χ1) is 5.72. The number of ether oxygens (including phenoxy) is 1. The molecule has 1 aromatic rings. The Morgan fingerprint density at radius 2 is 1.92 bits per heavy atom. The largest absolute Gasteiger partial charge is 0.497 e. The lowest BCUT2D eigenvalue weighted by molar-refractivity contribution is 0.284. The Hall–Kier alpha value is -0.670. The van der Waals surface area contributed by atoms with Crippen molar-refractivity contribution in [2.75, 3.05) is 7.11 Å². The first-order valence-corrected chi connectivity index (χ1v) is 4.59. The molecule has 0 aliphatic carbocycles. The van der Waals surface area contributed by atoms with Gasteiger partial charge in [0.25, 0.3) is 0 Å². The van der Waals surface area contributed by atoms with E-state index in [0.29, 0.717) is 0 Å². The number of thioether (sulfide) groups is 1. The van der Waals surface area contributed by atoms with Crippen LogP contribution >= 0.6 is 11.8 Å². The van der Waals surface area contributed by atoms with Gasteiger partial charge in [-0.2, -0.15) is 0 Å². The molecular weight excluding hydrogens is 172 g/mol. The van der Waals surface area contributed by atoms with Crippen LogP contribution in [0.2, 0.25) is 0 Å². The number of hydrogen-bond acceptors (Lipinski definition) is 3. The molecule has 0 amide bonds. The molecule has 66 valence electrons. The van der Waals surface area contributed by atoms with Crippen LogP contribution in [0.15, 0.2) is 29.2 Å². The second kappa shape index (κ2) is 4.38. The number of benzene rings is 1. The summed E-state index contributed by atoms with van der Waals surface area (Å²) in [5.41, 5.74) is -0.363. The van der Waals surface area contributed by atoms with E-state index in [1.54, 1.807) is 14.0 Å². The Labute approximate surface area is 76.6 Å². The normalized spacial score (nSPS) is 12.6. The Morgan fingerprint density at radius 3 is 2.33 bits per heavy atom. The number of hydrogen-bond donors (Lipinski definition) is 1. The van der Waals surface area contributed by atoms with E-state index in [0.717, 1.165) is 10.6 Å². The van der Waals surface area contributed by atoms with Crippen molar-refractivity contribution in [3.8, 4) is 5.75 Å². The minimum atomic E-state index is -0.363. The fourth-order valence-electron chi connectivity index (χ4n) is 0.851. The van der Waals surface area contributed by atoms with E-state index in [9.17, 15) is 0 Å². The lowest BCUT2D eigenvalue weighted by Crippen LogP contribution is -1.90. The van der Waals surface area contributed by atoms with Crippen LogP contribution in [0.3, 0.4) is 0 Å². The number of aliphatic hydroxyl groups is 1. The van der Waals surface area contributed by atoms with Crippen LogP contribution in [-0.2, 0) is 0 Å². The highest BCUT2D eigenvalue weighted by Crippen LogP contribution is 2.23. The van der Waals surface area contributed by atoms with E-state index in [-0.39, 0.29) is 5.44 Å². The minimum absolute atomic E-state index is 0.363. The Balaban J connectivity index is 2.65. The predicted molar refractivity (Wildman–Crippen MR) is 50.5 cm³/mol. The molecule has 0 saturated carbocycles. The maximum atomic E-state index is 9.06. The summed E-state index contributed by atoms with van der Waals surface area (Å²) < 4.78 is 5.00. The average Bonchev–Trinajstić information content (AvgIpc) is 2.05. The van der Waals surface area contributed by atoms with E-state index >= 15 is 0 Å². The summed E-state index contributed by atoms with van der Waals surface area (Å²) in [4.78, 5) is 1.05. The van der Waals surface area contributed by atoms with Crippen molar-refractivity contribution < 1.29 is 9.84 Å². The van der Waals surface area contributed by atoms with Gasteiger partial charge in [-0.15, -0.1) is 0 Å². The molecule has 1 N–H and O–H groups in total. The predicted octanol–water partition coefficient (Wildman–Crippen LogP) is 2.13. The quantitative estimate of drug-likeness (QED) is 0.576. The zero-order valence-electron chi connectivity index (χ0n) is 7.15. The van der Waals surface area contributed by atoms with E-state index in [4.69, 9.17) is 9.84 Å². The third-order valence-electron chi connectivity index (χ3n) is 1.37. The van der Waals surface area contributed by atoms with Crippen molar-refractivity contribution in [3.63, 3.8) is 0 Å². The van der Waals surface area contributed by atoms with Gasteiger partial charge in [-0.3, -0.25) is 0 Å². The maximum absolute atomic E-state index is 9.06. The van der Waals surface area contributed by atoms with E-state index in [1.807, 2.05) is 24.3 Å². The molecule has 12 heavy (non-hydrogen) atoms. The van der Waals surface area contributed by atoms with Gasteiger partial charge in [-0.25, -0.2) is 0 Å². The van der Waals surface area contributed by atoms with Crippen molar-refractivity contribution in [3.05, 3.63) is 24.3 Å². The molecule has 0 spiro atoms. The van der Waals surface area contributed by atoms with Gasteiger partial charge in [0.15, 0.2) is 0 Å². The van der Waals surface area contributed by atoms with Crippen LogP contribution in [0.4, 0.5) is 0 Å². The van der Waals surface area contributed by atoms with Crippen LogP contribution in [-0.4, -0.2) is 17.7 Å². The van der Waals surface area contributed by atoms with Gasteiger partial charge in [-0.1, -0.05) is 11.8 Å². The molecule has 0 aliphatic rings. The van der Waals surface area contributed by atoms with Crippen LogP contribution in [0.5, 0.6) is 5.75 Å². The molecule has 0 saturated heterocycles. The van der Waals surface area contributed by atoms with Crippen molar-refractivity contribution >= 4 is 11.8 Å². The standard InChI is InChI=1S/C9H12O2S/c1-7(10)12-9-5-3-8(11-2)4-6-9/h3-7,10H,1-2H3/t7-/m1/s1. The number of rotatable bonds is 3. The van der Waals surface area contributed by atoms with Gasteiger partial charge in [0.1, 0.15) is 11.2 Å². The van der Waals surface area contributed by atoms with Gasteiger partial charge in [0.2, 0.25) is 0 Å². The van der Waals surface area contributed by atoms with Gasteiger partial charge in [0, 0.05) is 4.90 Å². The summed E-state index contributed by atoms with van der Waals surface area (Å²) in [6.45, 7) is 1.74. The third kappa shape index (κ3) is 2.75. The summed E-state index contributed by atoms with van der Waals surface area (Å²) in [6, 6.07) is 7.61. The highest BCUT2D eigenvalue weighted by molar-refractivity contribution is 7.99. The van der Waals surface area contributed by atoms with Crippen LogP contribution in [0.25, 0.3) is 0 Å². The topological polar surface area (TPSA) is 29.5 Å². The zero-order chi connectivity index (χ0) is 8.97. The van der Waals surface area contributed by atoms with Gasteiger partial charge in [0.05, 0.1) is 7.11 Å². The van der Waals surface area contributed by atoms with E-state index in [2.05, 4.69) is 0 Å². The first kappa shape index (κ1) is 9.42. The molecule has 0 heterocycles. The second-order valence-corrected chi connectivity index (χ2v) is 3.78. The summed E-state index contributed by atoms with van der Waals surface area (Å²) in [6.07, 6.45) is 0. The highest BCUT2D eigenvalue weighted by atomic mass is 32.2. The molecule has 3 heteroatoms. The molecule has 1 aromatic carbocycles. The van der Waals surface area contributed by atoms with Gasteiger partial charge in [-0.05, 0) is 31.2 Å². The van der Waals surface area contributed by atoms with Crippen LogP contribution in [0.1, 0.15) is 6.92 Å². The Morgan fingerprint density at radius 1 is 1.33 bits per heavy atom. The molecular formula is C9H12O2S. The van der Waals surface area contributed by atoms with E-state index in [1.165, 1.54) is 11.8 Å². The van der Waals surface area contributed by atoms with Crippen molar-refractivity contribution in [2.45, 2.75) is 17.3 Å². The summed E-state index contributed by atoms with van der Waals surface area (Å²) in [5, 5.41) is 9.06. The number of methoxy groups -OCH3 is 1. The second-order valence-electron chi connectivity index (χ2n) is 2.39. The lowest BCUT2D eigenvalue weighted by atomic mass is 10.3. The fraction of sp³-hybridized carbons (Fsp3) is 0.333. The minimum Gasteiger partial charge on any atom is -0.497 e. The van der Waals surface area contributed by atoms with Crippen LogP contribution in [0, 0.1) is 0 Å². The summed E-state index contributed by atoms with van der Waals surface area (Å²) in [5.74, 6) is 0.838. The molecule has 0 radical (unpaired) electrons. The van der Waals surface area contributed by atoms with Crippen molar-refractivity contribution in [1.82, 2.24) is 0 Å². The average molecular weight is 184 g/mol. The van der Waals surface area contributed by atoms with Gasteiger partial charge >= 0.3 is 0 Å². The molecule has 0 fully saturated rings. The van der Waals surface area contributed by atoms with Crippen molar-refractivity contribution in [1.29, 1.82) is 0 Å². The van der Waals surface area contributed by atoms with Crippen LogP contribution < -0.4 is 4.74 Å². The molecule has 0 aromatic heterocycles. The fourth-order valence-corrected chi connectivity index (χ4v) is 1.54. The molecule has 0 unspecified atom stereocenters. The van der Waals surface area contributed by atoms with E-state index < -0.39 is 0 Å². The third-order valence-corrected chi connectivity index (χ3v) is 2.25. The maximum Gasteiger partial charge on any atom is 0.118 e. The SMILES string of the molecule is COc1ccc(S[C@H](C)O)cc1. The Kier molecular flexibility index (Phi) is 3.44. The Bertz CT molecular complexity index is 231. The first-order valence-electron chi connectivity index (χ1n) is 3.71. The smallest absolute Gasteiger partial charge is 0.118 e. The molecule has 0 bridgehead atoms. The molecule has 0 aliphatic heterocycles. The molecule has 1 atom stereocenters. The molecule has 1 rings (SSSR count). The highest BCUT2D eigenvalue weighted by Gasteiger charge is 1.98. The summed E-state index contributed by atoms with van der Waals surface area (Å²) in [7, 11) is 1.64. The monoisotopic (exact) mass is 184 g/mol. The zero-order valence-corrected chi connectivity index (χ0v) is 7.97. The lowest BCUT2D eigenvalue weighted by Gasteiger charge is -2.04. The number of aliphatic hydroxyl groups excluding tert-OH is 1. The van der Waals surface area contributed by atoms with Gasteiger partial charge < -0.3 is 9.84 Å². The summed E-state index contributed by atoms with van der Waals surface area (Å²) >= 11 is 1.42. The molecule has 2 nitrogen and oxygen atoms in total.